The molecule has 3 aromatic carbocycles. The zero-order chi connectivity index (χ0) is 24.8. The Balaban J connectivity index is 0.000000604. The van der Waals surface area contributed by atoms with Crippen LogP contribution in [-0.4, -0.2) is 41.1 Å². The number of rotatable bonds is 9. The molecule has 3 aromatic rings. The number of amides is 1. The fourth-order valence-electron chi connectivity index (χ4n) is 3.42. The molecule has 3 rings (SSSR count). The van der Waals surface area contributed by atoms with E-state index < -0.39 is 11.9 Å². The molecule has 0 radical (unpaired) electrons. The van der Waals surface area contributed by atoms with Gasteiger partial charge in [0.15, 0.2) is 0 Å². The molecule has 0 aliphatic heterocycles. The van der Waals surface area contributed by atoms with Gasteiger partial charge < -0.3 is 20.8 Å². The van der Waals surface area contributed by atoms with Crippen molar-refractivity contribution in [1.82, 2.24) is 10.6 Å². The second-order valence-electron chi connectivity index (χ2n) is 7.64. The smallest absolute Gasteiger partial charge is 0.414 e. The van der Waals surface area contributed by atoms with Gasteiger partial charge in [-0.1, -0.05) is 91.0 Å². The summed E-state index contributed by atoms with van der Waals surface area (Å²) in [4.78, 5) is 30.5. The van der Waals surface area contributed by atoms with E-state index in [0.29, 0.717) is 13.1 Å². The van der Waals surface area contributed by atoms with E-state index in [9.17, 15) is 4.79 Å². The number of nitrogens with one attached hydrogen (secondary N) is 2. The Kier molecular flexibility index (Phi) is 11.0. The van der Waals surface area contributed by atoms with Gasteiger partial charge in [-0.05, 0) is 30.0 Å². The SMILES string of the molecule is CC(NCC(=O)NCCC(c1ccccc1)c1ccccc1)c1ccccc1.O=C(O)C(=O)O. The predicted molar refractivity (Wildman–Crippen MR) is 130 cm³/mol. The molecular formula is C27H30N2O5. The highest BCUT2D eigenvalue weighted by atomic mass is 16.4. The van der Waals surface area contributed by atoms with Crippen LogP contribution >= 0.6 is 0 Å². The fraction of sp³-hybridized carbons (Fsp3) is 0.222. The van der Waals surface area contributed by atoms with Crippen LogP contribution in [-0.2, 0) is 14.4 Å². The molecule has 178 valence electrons. The van der Waals surface area contributed by atoms with Crippen molar-refractivity contribution in [2.45, 2.75) is 25.3 Å². The van der Waals surface area contributed by atoms with E-state index in [1.807, 2.05) is 30.3 Å². The molecule has 1 amide bonds. The second-order valence-corrected chi connectivity index (χ2v) is 7.64. The van der Waals surface area contributed by atoms with Gasteiger partial charge >= 0.3 is 11.9 Å². The van der Waals surface area contributed by atoms with Gasteiger partial charge in [0.05, 0.1) is 6.54 Å². The molecule has 0 saturated carbocycles. The van der Waals surface area contributed by atoms with Gasteiger partial charge in [-0.2, -0.15) is 0 Å². The number of carbonyl (C=O) groups excluding carboxylic acids is 1. The summed E-state index contributed by atoms with van der Waals surface area (Å²) in [6, 6.07) is 31.3. The lowest BCUT2D eigenvalue weighted by atomic mass is 9.88. The fourth-order valence-corrected chi connectivity index (χ4v) is 3.42. The molecule has 1 unspecified atom stereocenters. The molecule has 34 heavy (non-hydrogen) atoms. The quantitative estimate of drug-likeness (QED) is 0.359. The molecule has 1 atom stereocenters. The number of hydrogen-bond donors (Lipinski definition) is 4. The molecule has 0 fully saturated rings. The van der Waals surface area contributed by atoms with Crippen LogP contribution in [0.25, 0.3) is 0 Å². The number of benzene rings is 3. The maximum absolute atomic E-state index is 12.3. The molecule has 4 N–H and O–H groups in total. The van der Waals surface area contributed by atoms with E-state index in [0.717, 1.165) is 6.42 Å². The summed E-state index contributed by atoms with van der Waals surface area (Å²) < 4.78 is 0. The Morgan fingerprint density at radius 1 is 0.706 bits per heavy atom. The largest absolute Gasteiger partial charge is 0.473 e. The van der Waals surface area contributed by atoms with E-state index in [1.165, 1.54) is 16.7 Å². The lowest BCUT2D eigenvalue weighted by Gasteiger charge is -2.19. The topological polar surface area (TPSA) is 116 Å². The molecule has 7 heteroatoms. The molecule has 0 aliphatic carbocycles. The van der Waals surface area contributed by atoms with Crippen molar-refractivity contribution < 1.29 is 24.6 Å². The minimum atomic E-state index is -1.82. The van der Waals surface area contributed by atoms with Crippen LogP contribution in [0, 0.1) is 0 Å². The first kappa shape index (κ1) is 26.3. The molecule has 0 heterocycles. The van der Waals surface area contributed by atoms with Gasteiger partial charge in [0, 0.05) is 18.5 Å². The minimum absolute atomic E-state index is 0.0302. The van der Waals surface area contributed by atoms with Crippen LogP contribution in [0.2, 0.25) is 0 Å². The summed E-state index contributed by atoms with van der Waals surface area (Å²) in [7, 11) is 0. The van der Waals surface area contributed by atoms with Crippen molar-refractivity contribution in [1.29, 1.82) is 0 Å². The van der Waals surface area contributed by atoms with Gasteiger partial charge in [-0.25, -0.2) is 9.59 Å². The average Bonchev–Trinajstić information content (AvgIpc) is 2.87. The molecule has 7 nitrogen and oxygen atoms in total. The zero-order valence-electron chi connectivity index (χ0n) is 19.1. The van der Waals surface area contributed by atoms with Crippen molar-refractivity contribution in [3.05, 3.63) is 108 Å². The molecule has 0 aliphatic rings. The Morgan fingerprint density at radius 2 is 1.12 bits per heavy atom. The van der Waals surface area contributed by atoms with Crippen molar-refractivity contribution in [2.24, 2.45) is 0 Å². The first-order valence-corrected chi connectivity index (χ1v) is 11.0. The lowest BCUT2D eigenvalue weighted by Crippen LogP contribution is -2.35. The van der Waals surface area contributed by atoms with Crippen molar-refractivity contribution in [2.75, 3.05) is 13.1 Å². The van der Waals surface area contributed by atoms with Gasteiger partial charge in [0.1, 0.15) is 0 Å². The highest BCUT2D eigenvalue weighted by Gasteiger charge is 2.14. The van der Waals surface area contributed by atoms with Crippen LogP contribution in [0.15, 0.2) is 91.0 Å². The van der Waals surface area contributed by atoms with Crippen molar-refractivity contribution in [3.63, 3.8) is 0 Å². The zero-order valence-corrected chi connectivity index (χ0v) is 19.1. The predicted octanol–water partition coefficient (Wildman–Crippen LogP) is 3.83. The summed E-state index contributed by atoms with van der Waals surface area (Å²) in [5.41, 5.74) is 3.74. The summed E-state index contributed by atoms with van der Waals surface area (Å²) in [5.74, 6) is -3.34. The third kappa shape index (κ3) is 9.26. The first-order chi connectivity index (χ1) is 16.4. The van der Waals surface area contributed by atoms with Gasteiger partial charge in [0.2, 0.25) is 5.91 Å². The monoisotopic (exact) mass is 462 g/mol. The Labute approximate surface area is 199 Å². The van der Waals surface area contributed by atoms with Crippen molar-refractivity contribution in [3.8, 4) is 0 Å². The van der Waals surface area contributed by atoms with Gasteiger partial charge in [-0.3, -0.25) is 4.79 Å². The second kappa shape index (κ2) is 14.2. The van der Waals surface area contributed by atoms with Crippen LogP contribution in [0.4, 0.5) is 0 Å². The minimum Gasteiger partial charge on any atom is -0.473 e. The van der Waals surface area contributed by atoms with Gasteiger partial charge in [-0.15, -0.1) is 0 Å². The molecule has 0 bridgehead atoms. The van der Waals surface area contributed by atoms with Crippen LogP contribution in [0.5, 0.6) is 0 Å². The summed E-state index contributed by atoms with van der Waals surface area (Å²) in [6.45, 7) is 3.04. The number of hydrogen-bond acceptors (Lipinski definition) is 4. The molecular weight excluding hydrogens is 432 g/mol. The Bertz CT molecular complexity index is 975. The Hall–Kier alpha value is -3.97. The van der Waals surface area contributed by atoms with E-state index in [-0.39, 0.29) is 17.9 Å². The maximum atomic E-state index is 12.3. The number of aliphatic carboxylic acids is 2. The van der Waals surface area contributed by atoms with Gasteiger partial charge in [0.25, 0.3) is 0 Å². The summed E-state index contributed by atoms with van der Waals surface area (Å²) in [6.07, 6.45) is 0.869. The first-order valence-electron chi connectivity index (χ1n) is 11.0. The number of carboxylic acids is 2. The van der Waals surface area contributed by atoms with E-state index in [4.69, 9.17) is 19.8 Å². The van der Waals surface area contributed by atoms with E-state index >= 15 is 0 Å². The normalized spacial score (nSPS) is 11.1. The highest BCUT2D eigenvalue weighted by Crippen LogP contribution is 2.27. The third-order valence-corrected chi connectivity index (χ3v) is 5.21. The number of carbonyl (C=O) groups is 3. The van der Waals surface area contributed by atoms with Crippen LogP contribution in [0.1, 0.15) is 42.0 Å². The third-order valence-electron chi connectivity index (χ3n) is 5.21. The van der Waals surface area contributed by atoms with Crippen LogP contribution in [0.3, 0.4) is 0 Å². The Morgan fingerprint density at radius 3 is 1.53 bits per heavy atom. The van der Waals surface area contributed by atoms with Crippen LogP contribution < -0.4 is 10.6 Å². The maximum Gasteiger partial charge on any atom is 0.414 e. The summed E-state index contributed by atoms with van der Waals surface area (Å²) in [5, 5.41) is 21.1. The summed E-state index contributed by atoms with van der Waals surface area (Å²) >= 11 is 0. The molecule has 0 aromatic heterocycles. The molecule has 0 spiro atoms. The van der Waals surface area contributed by atoms with E-state index in [2.05, 4.69) is 78.2 Å². The highest BCUT2D eigenvalue weighted by molar-refractivity contribution is 6.27. The lowest BCUT2D eigenvalue weighted by molar-refractivity contribution is -0.159. The van der Waals surface area contributed by atoms with E-state index in [1.54, 1.807) is 0 Å². The molecule has 0 saturated heterocycles. The number of carboxylic acid groups (broad SMARTS) is 2. The van der Waals surface area contributed by atoms with Crippen molar-refractivity contribution >= 4 is 17.8 Å². The standard InChI is InChI=1S/C25H28N2O.C2H2O4/c1-20(21-11-5-2-6-12-21)27-19-25(28)26-18-17-24(22-13-7-3-8-14-22)23-15-9-4-10-16-23;3-1(4)2(5)6/h2-16,20,24,27H,17-19H2,1H3,(H,26,28);(H,3,4)(H,5,6). The average molecular weight is 463 g/mol.